The lowest BCUT2D eigenvalue weighted by molar-refractivity contribution is -0.193. The van der Waals surface area contributed by atoms with Gasteiger partial charge in [-0.05, 0) is 57.2 Å². The van der Waals surface area contributed by atoms with Crippen LogP contribution in [0.5, 0.6) is 0 Å². The van der Waals surface area contributed by atoms with Gasteiger partial charge in [-0.15, -0.1) is 0 Å². The molecule has 1 aliphatic carbocycles. The second-order valence-electron chi connectivity index (χ2n) is 10.1. The molecule has 0 aromatic carbocycles. The Labute approximate surface area is 216 Å². The molecule has 1 saturated carbocycles. The van der Waals surface area contributed by atoms with Crippen LogP contribution in [0, 0.1) is 17.3 Å². The first-order chi connectivity index (χ1) is 17.5. The average molecular weight is 561 g/mol. The van der Waals surface area contributed by atoms with E-state index < -0.39 is 24.3 Å². The Morgan fingerprint density at radius 3 is 1.97 bits per heavy atom. The van der Waals surface area contributed by atoms with Crippen LogP contribution in [-0.4, -0.2) is 101 Å². The fourth-order valence-electron chi connectivity index (χ4n) is 4.73. The number of aliphatic carboxylic acids is 2. The van der Waals surface area contributed by atoms with Crippen LogP contribution in [0.2, 0.25) is 0 Å². The summed E-state index contributed by atoms with van der Waals surface area (Å²) in [5.74, 6) is -3.91. The van der Waals surface area contributed by atoms with Gasteiger partial charge in [-0.3, -0.25) is 9.58 Å². The number of rotatable bonds is 6. The van der Waals surface area contributed by atoms with Gasteiger partial charge in [0, 0.05) is 51.0 Å². The smallest absolute Gasteiger partial charge is 0.475 e. The van der Waals surface area contributed by atoms with Crippen molar-refractivity contribution < 1.29 is 50.9 Å². The maximum Gasteiger partial charge on any atom is 0.490 e. The lowest BCUT2D eigenvalue weighted by Gasteiger charge is -2.42. The van der Waals surface area contributed by atoms with Crippen LogP contribution < -0.4 is 0 Å². The van der Waals surface area contributed by atoms with E-state index in [1.807, 2.05) is 17.9 Å². The van der Waals surface area contributed by atoms with Crippen molar-refractivity contribution in [3.8, 4) is 0 Å². The Morgan fingerprint density at radius 2 is 1.55 bits per heavy atom. The van der Waals surface area contributed by atoms with Gasteiger partial charge in [-0.1, -0.05) is 0 Å². The molecule has 1 aromatic heterocycles. The number of likely N-dealkylation sites (tertiary alicyclic amines) is 2. The third-order valence-electron chi connectivity index (χ3n) is 6.85. The standard InChI is InChI=1S/C19H32N4O.2C2HF3O2/c1-21-12-18(14-24-13-16-3-4-16)19(15-21)5-7-23(8-6-19)11-17-9-20-22(2)10-17;2*3-2(4,5)1(6)7/h9-10,16,18H,3-8,11-15H2,1-2H3;2*(H,6,7). The van der Waals surface area contributed by atoms with Gasteiger partial charge >= 0.3 is 24.3 Å². The van der Waals surface area contributed by atoms with Crippen molar-refractivity contribution in [1.82, 2.24) is 19.6 Å². The maximum atomic E-state index is 10.6. The minimum absolute atomic E-state index is 0.490. The molecule has 38 heavy (non-hydrogen) atoms. The number of halogens is 6. The molecule has 218 valence electrons. The Balaban J connectivity index is 0.000000301. The van der Waals surface area contributed by atoms with Crippen molar-refractivity contribution >= 4 is 11.9 Å². The first-order valence-corrected chi connectivity index (χ1v) is 12.1. The first-order valence-electron chi connectivity index (χ1n) is 12.1. The first kappa shape index (κ1) is 31.8. The van der Waals surface area contributed by atoms with Crippen LogP contribution in [-0.2, 0) is 27.9 Å². The maximum absolute atomic E-state index is 10.6. The summed E-state index contributed by atoms with van der Waals surface area (Å²) >= 11 is 0. The van der Waals surface area contributed by atoms with Gasteiger partial charge in [0.25, 0.3) is 0 Å². The number of carbonyl (C=O) groups is 2. The largest absolute Gasteiger partial charge is 0.490 e. The molecule has 3 fully saturated rings. The number of nitrogens with zero attached hydrogens (tertiary/aromatic N) is 4. The zero-order chi connectivity index (χ0) is 28.7. The van der Waals surface area contributed by atoms with E-state index in [1.54, 1.807) is 0 Å². The van der Waals surface area contributed by atoms with Crippen molar-refractivity contribution in [3.63, 3.8) is 0 Å². The lowest BCUT2D eigenvalue weighted by Crippen LogP contribution is -2.44. The highest BCUT2D eigenvalue weighted by atomic mass is 19.4. The molecule has 4 rings (SSSR count). The van der Waals surface area contributed by atoms with Crippen LogP contribution in [0.15, 0.2) is 12.4 Å². The van der Waals surface area contributed by atoms with E-state index in [9.17, 15) is 26.3 Å². The monoisotopic (exact) mass is 560 g/mol. The summed E-state index contributed by atoms with van der Waals surface area (Å²) in [6.45, 7) is 7.91. The molecule has 3 heterocycles. The zero-order valence-corrected chi connectivity index (χ0v) is 21.3. The fraction of sp³-hybridized carbons (Fsp3) is 0.783. The number of aromatic nitrogens is 2. The third-order valence-corrected chi connectivity index (χ3v) is 6.85. The van der Waals surface area contributed by atoms with Gasteiger partial charge in [0.2, 0.25) is 0 Å². The minimum Gasteiger partial charge on any atom is -0.475 e. The number of carboxylic acid groups (broad SMARTS) is 2. The van der Waals surface area contributed by atoms with Crippen LogP contribution >= 0.6 is 0 Å². The Bertz CT molecular complexity index is 887. The molecule has 1 spiro atoms. The summed E-state index contributed by atoms with van der Waals surface area (Å²) in [4.78, 5) is 22.9. The summed E-state index contributed by atoms with van der Waals surface area (Å²) in [5.41, 5.74) is 1.82. The average Bonchev–Trinajstić information content (AvgIpc) is 3.45. The molecular weight excluding hydrogens is 526 g/mol. The predicted molar refractivity (Wildman–Crippen MR) is 122 cm³/mol. The number of hydrogen-bond acceptors (Lipinski definition) is 6. The summed E-state index contributed by atoms with van der Waals surface area (Å²) in [7, 11) is 4.28. The van der Waals surface area contributed by atoms with E-state index in [2.05, 4.69) is 28.1 Å². The number of piperidine rings is 1. The molecule has 0 radical (unpaired) electrons. The topological polar surface area (TPSA) is 108 Å². The van der Waals surface area contributed by atoms with Crippen LogP contribution in [0.3, 0.4) is 0 Å². The van der Waals surface area contributed by atoms with Crippen molar-refractivity contribution in [2.45, 2.75) is 44.6 Å². The van der Waals surface area contributed by atoms with Crippen molar-refractivity contribution in [2.24, 2.45) is 24.3 Å². The highest BCUT2D eigenvalue weighted by Crippen LogP contribution is 2.44. The Morgan fingerprint density at radius 1 is 1.03 bits per heavy atom. The van der Waals surface area contributed by atoms with Gasteiger partial charge in [0.15, 0.2) is 0 Å². The molecule has 3 aliphatic rings. The summed E-state index contributed by atoms with van der Waals surface area (Å²) in [6, 6.07) is 0. The molecule has 9 nitrogen and oxygen atoms in total. The molecule has 2 N–H and O–H groups in total. The normalized spacial score (nSPS) is 21.8. The van der Waals surface area contributed by atoms with Crippen molar-refractivity contribution in [3.05, 3.63) is 18.0 Å². The van der Waals surface area contributed by atoms with Gasteiger partial charge in [-0.2, -0.15) is 31.4 Å². The Kier molecular flexibility index (Phi) is 11.0. The van der Waals surface area contributed by atoms with E-state index >= 15 is 0 Å². The van der Waals surface area contributed by atoms with E-state index in [-0.39, 0.29) is 0 Å². The number of ether oxygens (including phenoxy) is 1. The van der Waals surface area contributed by atoms with E-state index in [1.165, 1.54) is 57.4 Å². The van der Waals surface area contributed by atoms with Crippen LogP contribution in [0.1, 0.15) is 31.2 Å². The van der Waals surface area contributed by atoms with E-state index in [0.29, 0.717) is 5.41 Å². The summed E-state index contributed by atoms with van der Waals surface area (Å²) in [6.07, 6.45) is -0.618. The van der Waals surface area contributed by atoms with Gasteiger partial charge in [-0.25, -0.2) is 9.59 Å². The highest BCUT2D eigenvalue weighted by Gasteiger charge is 2.47. The van der Waals surface area contributed by atoms with Crippen molar-refractivity contribution in [2.75, 3.05) is 46.4 Å². The van der Waals surface area contributed by atoms with Gasteiger partial charge in [0.1, 0.15) is 0 Å². The molecule has 0 amide bonds. The number of alkyl halides is 6. The predicted octanol–water partition coefficient (Wildman–Crippen LogP) is 3.26. The van der Waals surface area contributed by atoms with Crippen LogP contribution in [0.4, 0.5) is 26.3 Å². The molecule has 1 unspecified atom stereocenters. The molecule has 15 heteroatoms. The van der Waals surface area contributed by atoms with Crippen LogP contribution in [0.25, 0.3) is 0 Å². The molecule has 1 atom stereocenters. The summed E-state index contributed by atoms with van der Waals surface area (Å²) < 4.78 is 71.5. The minimum atomic E-state index is -5.08. The Hall–Kier alpha value is -2.39. The van der Waals surface area contributed by atoms with Gasteiger partial charge in [0.05, 0.1) is 12.8 Å². The molecule has 2 aliphatic heterocycles. The molecular formula is C23H34F6N4O5. The van der Waals surface area contributed by atoms with E-state index in [4.69, 9.17) is 24.5 Å². The second kappa shape index (κ2) is 13.1. The fourth-order valence-corrected chi connectivity index (χ4v) is 4.73. The van der Waals surface area contributed by atoms with E-state index in [0.717, 1.165) is 31.6 Å². The SMILES string of the molecule is CN1CC(COCC2CC2)C2(CCN(Cc3cnn(C)c3)CC2)C1.O=C(O)C(F)(F)F.O=C(O)C(F)(F)F. The number of hydrogen-bond donors (Lipinski definition) is 2. The molecule has 1 aromatic rings. The van der Waals surface area contributed by atoms with Crippen molar-refractivity contribution in [1.29, 1.82) is 0 Å². The highest BCUT2D eigenvalue weighted by molar-refractivity contribution is 5.73. The number of carboxylic acids is 2. The lowest BCUT2D eigenvalue weighted by atomic mass is 9.71. The summed E-state index contributed by atoms with van der Waals surface area (Å²) in [5, 5.41) is 18.5. The van der Waals surface area contributed by atoms with Gasteiger partial charge < -0.3 is 19.8 Å². The quantitative estimate of drug-likeness (QED) is 0.511. The second-order valence-corrected chi connectivity index (χ2v) is 10.1. The molecule has 2 saturated heterocycles. The zero-order valence-electron chi connectivity index (χ0n) is 21.3. The third kappa shape index (κ3) is 10.4. The number of aryl methyl sites for hydroxylation is 1. The molecule has 0 bridgehead atoms.